The van der Waals surface area contributed by atoms with Crippen LogP contribution in [0.3, 0.4) is 0 Å². The summed E-state index contributed by atoms with van der Waals surface area (Å²) in [6.07, 6.45) is 4.64. The molecule has 0 saturated carbocycles. The van der Waals surface area contributed by atoms with Crippen molar-refractivity contribution in [3.05, 3.63) is 58.2 Å². The van der Waals surface area contributed by atoms with Gasteiger partial charge in [0, 0.05) is 49.1 Å². The van der Waals surface area contributed by atoms with Gasteiger partial charge in [-0.3, -0.25) is 0 Å². The van der Waals surface area contributed by atoms with E-state index in [1.807, 2.05) is 23.7 Å². The molecule has 37 heavy (non-hydrogen) atoms. The molecule has 5 rings (SSSR count). The first-order valence-corrected chi connectivity index (χ1v) is 13.2. The van der Waals surface area contributed by atoms with Crippen molar-refractivity contribution in [1.29, 1.82) is 0 Å². The third-order valence-corrected chi connectivity index (χ3v) is 7.81. The predicted molar refractivity (Wildman–Crippen MR) is 148 cm³/mol. The van der Waals surface area contributed by atoms with E-state index in [0.29, 0.717) is 34.7 Å². The molecule has 2 N–H and O–H groups in total. The molecule has 0 unspecified atom stereocenters. The highest BCUT2D eigenvalue weighted by molar-refractivity contribution is 7.12. The number of esters is 1. The van der Waals surface area contributed by atoms with Crippen LogP contribution in [0.25, 0.3) is 11.0 Å². The van der Waals surface area contributed by atoms with Crippen molar-refractivity contribution in [2.75, 3.05) is 51.6 Å². The molecule has 194 valence electrons. The molecule has 0 bridgehead atoms. The second kappa shape index (κ2) is 10.8. The number of nitrogens with one attached hydrogen (secondary N) is 2. The minimum atomic E-state index is -0.384. The van der Waals surface area contributed by atoms with Gasteiger partial charge in [0.2, 0.25) is 0 Å². The van der Waals surface area contributed by atoms with Gasteiger partial charge in [-0.05, 0) is 50.5 Å². The first kappa shape index (κ1) is 25.0. The summed E-state index contributed by atoms with van der Waals surface area (Å²) in [4.78, 5) is 30.2. The molecular weight excluding hydrogens is 488 g/mol. The number of anilines is 3. The van der Waals surface area contributed by atoms with Crippen molar-refractivity contribution in [2.24, 2.45) is 0 Å². The van der Waals surface area contributed by atoms with Gasteiger partial charge in [-0.25, -0.2) is 14.8 Å². The molecule has 0 atom stereocenters. The van der Waals surface area contributed by atoms with Crippen molar-refractivity contribution in [1.82, 2.24) is 19.9 Å². The molecule has 1 saturated heterocycles. The first-order valence-electron chi connectivity index (χ1n) is 12.3. The topological polar surface area (TPSA) is 95.6 Å². The lowest BCUT2D eigenvalue weighted by Crippen LogP contribution is -2.41. The van der Waals surface area contributed by atoms with E-state index in [9.17, 15) is 4.79 Å². The Labute approximate surface area is 220 Å². The zero-order chi connectivity index (χ0) is 25.9. The van der Waals surface area contributed by atoms with Crippen LogP contribution in [-0.4, -0.2) is 73.3 Å². The van der Waals surface area contributed by atoms with E-state index >= 15 is 0 Å². The highest BCUT2D eigenvalue weighted by Crippen LogP contribution is 2.32. The van der Waals surface area contributed by atoms with Gasteiger partial charge in [0.15, 0.2) is 5.82 Å². The monoisotopic (exact) mass is 520 g/mol. The Kier molecular flexibility index (Phi) is 7.29. The molecule has 0 spiro atoms. The number of carbonyl (C=O) groups is 1. The molecule has 0 amide bonds. The number of piperidine rings is 1. The molecule has 10 heteroatoms. The van der Waals surface area contributed by atoms with Gasteiger partial charge >= 0.3 is 5.97 Å². The number of rotatable bonds is 8. The lowest BCUT2D eigenvalue weighted by molar-refractivity contribution is 0.0607. The number of hydrogen-bond donors (Lipinski definition) is 2. The summed E-state index contributed by atoms with van der Waals surface area (Å²) in [6.45, 7) is 2.06. The molecule has 4 aromatic rings. The number of thiophene rings is 1. The Morgan fingerprint density at radius 2 is 2.00 bits per heavy atom. The summed E-state index contributed by atoms with van der Waals surface area (Å²) < 4.78 is 10.7. The van der Waals surface area contributed by atoms with Crippen molar-refractivity contribution >= 4 is 45.5 Å². The predicted octanol–water partition coefficient (Wildman–Crippen LogP) is 4.68. The molecule has 0 aliphatic carbocycles. The Balaban J connectivity index is 1.39. The molecule has 0 radical (unpaired) electrons. The van der Waals surface area contributed by atoms with Crippen LogP contribution in [0.5, 0.6) is 5.75 Å². The average Bonchev–Trinajstić information content (AvgIpc) is 3.58. The van der Waals surface area contributed by atoms with Gasteiger partial charge in [-0.2, -0.15) is 0 Å². The Morgan fingerprint density at radius 3 is 2.73 bits per heavy atom. The number of methoxy groups -OCH3 is 2. The number of ether oxygens (including phenoxy) is 2. The van der Waals surface area contributed by atoms with E-state index < -0.39 is 0 Å². The van der Waals surface area contributed by atoms with Gasteiger partial charge in [0.1, 0.15) is 22.0 Å². The van der Waals surface area contributed by atoms with Crippen molar-refractivity contribution < 1.29 is 14.3 Å². The molecule has 3 aromatic heterocycles. The minimum Gasteiger partial charge on any atom is -0.496 e. The van der Waals surface area contributed by atoms with Gasteiger partial charge in [0.25, 0.3) is 0 Å². The fraction of sp³-hybridized carbons (Fsp3) is 0.370. The highest BCUT2D eigenvalue weighted by Gasteiger charge is 2.22. The summed E-state index contributed by atoms with van der Waals surface area (Å²) >= 11 is 1.32. The van der Waals surface area contributed by atoms with Crippen molar-refractivity contribution in [3.63, 3.8) is 0 Å². The number of benzene rings is 1. The fourth-order valence-corrected chi connectivity index (χ4v) is 5.60. The second-order valence-electron chi connectivity index (χ2n) is 9.36. The van der Waals surface area contributed by atoms with Gasteiger partial charge in [-0.15, -0.1) is 11.3 Å². The Bertz CT molecular complexity index is 1390. The Hall–Kier alpha value is -3.63. The normalized spacial score (nSPS) is 14.4. The van der Waals surface area contributed by atoms with E-state index in [1.54, 1.807) is 7.11 Å². The number of H-pyrrole nitrogens is 1. The maximum absolute atomic E-state index is 12.2. The third kappa shape index (κ3) is 5.26. The molecule has 1 aliphatic heterocycles. The molecule has 1 aliphatic rings. The van der Waals surface area contributed by atoms with Crippen molar-refractivity contribution in [2.45, 2.75) is 25.3 Å². The van der Waals surface area contributed by atoms with Crippen molar-refractivity contribution in [3.8, 4) is 5.75 Å². The summed E-state index contributed by atoms with van der Waals surface area (Å²) in [7, 11) is 7.39. The van der Waals surface area contributed by atoms with Crippen LogP contribution in [0.15, 0.2) is 41.9 Å². The van der Waals surface area contributed by atoms with Crippen LogP contribution in [0, 0.1) is 0 Å². The van der Waals surface area contributed by atoms with Crippen LogP contribution >= 0.6 is 11.3 Å². The smallest absolute Gasteiger partial charge is 0.350 e. The number of aromatic nitrogens is 3. The molecule has 9 nitrogen and oxygen atoms in total. The maximum atomic E-state index is 12.2. The quantitative estimate of drug-likeness (QED) is 0.324. The van der Waals surface area contributed by atoms with E-state index in [1.165, 1.54) is 24.1 Å². The largest absolute Gasteiger partial charge is 0.496 e. The molecular formula is C27H32N6O3S. The second-order valence-corrected chi connectivity index (χ2v) is 10.3. The van der Waals surface area contributed by atoms with Crippen LogP contribution in [0.1, 0.15) is 33.9 Å². The summed E-state index contributed by atoms with van der Waals surface area (Å²) in [5, 5.41) is 5.15. The SMILES string of the molecule is COC(=O)c1sccc1Nc1nc(Cc2ccc(N3CCC(N(C)C)CC3)cc2OC)nc2cc[nH]c12. The number of fused-ring (bicyclic) bond motifs is 1. The fourth-order valence-electron chi connectivity index (χ4n) is 4.84. The van der Waals surface area contributed by atoms with Gasteiger partial charge in [0.05, 0.1) is 25.4 Å². The van der Waals surface area contributed by atoms with E-state index in [0.717, 1.165) is 48.3 Å². The number of carbonyl (C=O) groups excluding carboxylic acids is 1. The zero-order valence-electron chi connectivity index (χ0n) is 21.6. The molecule has 4 heterocycles. The van der Waals surface area contributed by atoms with Gasteiger partial charge < -0.3 is 29.6 Å². The van der Waals surface area contributed by atoms with Crippen LogP contribution in [0.2, 0.25) is 0 Å². The molecule has 1 fully saturated rings. The molecule has 1 aromatic carbocycles. The van der Waals surface area contributed by atoms with Crippen LogP contribution < -0.4 is 15.0 Å². The average molecular weight is 521 g/mol. The summed E-state index contributed by atoms with van der Waals surface area (Å²) in [5.41, 5.74) is 4.41. The van der Waals surface area contributed by atoms with E-state index in [2.05, 4.69) is 52.4 Å². The standard InChI is InChI=1S/C27H32N6O3S/c1-32(2)18-8-12-33(13-9-18)19-6-5-17(22(16-19)35-3)15-23-29-20-7-11-28-24(20)26(31-23)30-21-10-14-37-25(21)27(34)36-4/h5-7,10-11,14,16,18,28H,8-9,12-13,15H2,1-4H3,(H,29,30,31). The van der Waals surface area contributed by atoms with Gasteiger partial charge in [-0.1, -0.05) is 6.07 Å². The number of nitrogens with zero attached hydrogens (tertiary/aromatic N) is 4. The minimum absolute atomic E-state index is 0.384. The lowest BCUT2D eigenvalue weighted by atomic mass is 10.0. The highest BCUT2D eigenvalue weighted by atomic mass is 32.1. The van der Waals surface area contributed by atoms with Crippen LogP contribution in [0.4, 0.5) is 17.2 Å². The number of hydrogen-bond acceptors (Lipinski definition) is 9. The van der Waals surface area contributed by atoms with E-state index in [-0.39, 0.29) is 5.97 Å². The summed E-state index contributed by atoms with van der Waals surface area (Å²) in [6, 6.07) is 10.8. The Morgan fingerprint density at radius 1 is 1.19 bits per heavy atom. The van der Waals surface area contributed by atoms with Crippen LogP contribution in [-0.2, 0) is 11.2 Å². The lowest BCUT2D eigenvalue weighted by Gasteiger charge is -2.36. The maximum Gasteiger partial charge on any atom is 0.350 e. The summed E-state index contributed by atoms with van der Waals surface area (Å²) in [5.74, 6) is 1.70. The third-order valence-electron chi connectivity index (χ3n) is 6.92. The number of aromatic amines is 1. The van der Waals surface area contributed by atoms with E-state index in [4.69, 9.17) is 19.4 Å². The first-order chi connectivity index (χ1) is 18.0. The zero-order valence-corrected chi connectivity index (χ0v) is 22.4.